The Morgan fingerprint density at radius 3 is 2.17 bits per heavy atom. The van der Waals surface area contributed by atoms with E-state index in [4.69, 9.17) is 0 Å². The van der Waals surface area contributed by atoms with Crippen molar-refractivity contribution in [1.82, 2.24) is 0 Å². The zero-order valence-corrected chi connectivity index (χ0v) is 13.1. The Morgan fingerprint density at radius 2 is 1.67 bits per heavy atom. The molecule has 18 heavy (non-hydrogen) atoms. The van der Waals surface area contributed by atoms with Crippen LogP contribution in [0.3, 0.4) is 0 Å². The molecule has 2 heteroatoms. The van der Waals surface area contributed by atoms with Gasteiger partial charge in [0, 0.05) is 0 Å². The highest BCUT2D eigenvalue weighted by molar-refractivity contribution is 5.14. The summed E-state index contributed by atoms with van der Waals surface area (Å²) in [6.45, 7) is 9.52. The zero-order chi connectivity index (χ0) is 12.7. The quantitative estimate of drug-likeness (QED) is 0.510. The number of quaternary nitrogens is 1. The van der Waals surface area contributed by atoms with Crippen molar-refractivity contribution in [2.75, 3.05) is 20.1 Å². The highest BCUT2D eigenvalue weighted by Gasteiger charge is 2.22. The molecule has 0 aromatic heterocycles. The van der Waals surface area contributed by atoms with Crippen molar-refractivity contribution in [2.24, 2.45) is 0 Å². The summed E-state index contributed by atoms with van der Waals surface area (Å²) in [5, 5.41) is 0. The van der Waals surface area contributed by atoms with Gasteiger partial charge in [-0.25, -0.2) is 0 Å². The van der Waals surface area contributed by atoms with Crippen LogP contribution in [0.1, 0.15) is 39.2 Å². The number of rotatable bonds is 7. The Kier molecular flexibility index (Phi) is 8.30. The van der Waals surface area contributed by atoms with Gasteiger partial charge in [0.15, 0.2) is 0 Å². The van der Waals surface area contributed by atoms with Gasteiger partial charge < -0.3 is 16.9 Å². The molecule has 1 rings (SSSR count). The Morgan fingerprint density at radius 1 is 1.06 bits per heavy atom. The van der Waals surface area contributed by atoms with Crippen molar-refractivity contribution in [3.05, 3.63) is 35.9 Å². The van der Waals surface area contributed by atoms with Gasteiger partial charge in [0.25, 0.3) is 0 Å². The van der Waals surface area contributed by atoms with Crippen LogP contribution in [0.2, 0.25) is 0 Å². The Hall–Kier alpha value is -0.530. The minimum Gasteiger partial charge on any atom is -1.00 e. The van der Waals surface area contributed by atoms with E-state index in [0.29, 0.717) is 0 Å². The molecule has 0 spiro atoms. The maximum Gasteiger partial charge on any atom is 0.0831 e. The van der Waals surface area contributed by atoms with E-state index in [0.717, 1.165) is 6.04 Å². The summed E-state index contributed by atoms with van der Waals surface area (Å²) in [6, 6.07) is 11.6. The maximum atomic E-state index is 2.38. The third-order valence-electron chi connectivity index (χ3n) is 4.20. The number of halogens is 1. The molecular weight excluding hydrogens is 242 g/mol. The van der Waals surface area contributed by atoms with Crippen molar-refractivity contribution in [3.63, 3.8) is 0 Å². The van der Waals surface area contributed by atoms with Gasteiger partial charge in [-0.15, -0.1) is 0 Å². The molecule has 1 aromatic carbocycles. The van der Waals surface area contributed by atoms with Gasteiger partial charge in [-0.3, -0.25) is 0 Å². The zero-order valence-electron chi connectivity index (χ0n) is 12.3. The van der Waals surface area contributed by atoms with Gasteiger partial charge in [0.05, 0.1) is 26.2 Å². The minimum atomic E-state index is 0. The summed E-state index contributed by atoms with van der Waals surface area (Å²) < 4.78 is 1.20. The van der Waals surface area contributed by atoms with Gasteiger partial charge in [0.1, 0.15) is 0 Å². The predicted molar refractivity (Wildman–Crippen MR) is 76.1 cm³/mol. The van der Waals surface area contributed by atoms with Crippen molar-refractivity contribution < 1.29 is 16.9 Å². The van der Waals surface area contributed by atoms with Crippen LogP contribution in [-0.2, 0) is 6.42 Å². The second-order valence-electron chi connectivity index (χ2n) is 5.56. The first-order valence-corrected chi connectivity index (χ1v) is 6.96. The van der Waals surface area contributed by atoms with Gasteiger partial charge in [0.2, 0.25) is 0 Å². The van der Waals surface area contributed by atoms with Crippen LogP contribution in [-0.4, -0.2) is 30.7 Å². The molecule has 1 unspecified atom stereocenters. The van der Waals surface area contributed by atoms with Crippen LogP contribution in [0.5, 0.6) is 0 Å². The summed E-state index contributed by atoms with van der Waals surface area (Å²) in [7, 11) is 2.38. The molecule has 1 aromatic rings. The second-order valence-corrected chi connectivity index (χ2v) is 5.56. The maximum absolute atomic E-state index is 2.38. The summed E-state index contributed by atoms with van der Waals surface area (Å²) in [4.78, 5) is 0. The van der Waals surface area contributed by atoms with E-state index >= 15 is 0 Å². The smallest absolute Gasteiger partial charge is 0.0831 e. The van der Waals surface area contributed by atoms with Crippen LogP contribution in [0.25, 0.3) is 0 Å². The lowest BCUT2D eigenvalue weighted by atomic mass is 10.1. The largest absolute Gasteiger partial charge is 1.00 e. The topological polar surface area (TPSA) is 0 Å². The monoisotopic (exact) mass is 269 g/mol. The minimum absolute atomic E-state index is 0. The number of hydrogen-bond donors (Lipinski definition) is 0. The Balaban J connectivity index is 0.00000289. The highest BCUT2D eigenvalue weighted by atomic mass is 35.5. The lowest BCUT2D eigenvalue weighted by Crippen LogP contribution is -3.00. The van der Waals surface area contributed by atoms with Gasteiger partial charge in [-0.2, -0.15) is 0 Å². The Bertz CT molecular complexity index is 310. The van der Waals surface area contributed by atoms with E-state index in [-0.39, 0.29) is 12.4 Å². The molecule has 0 heterocycles. The number of hydrogen-bond acceptors (Lipinski definition) is 0. The summed E-state index contributed by atoms with van der Waals surface area (Å²) in [5.41, 5.74) is 1.47. The van der Waals surface area contributed by atoms with Gasteiger partial charge in [-0.05, 0) is 45.6 Å². The molecule has 1 nitrogen and oxygen atoms in total. The van der Waals surface area contributed by atoms with Crippen LogP contribution in [0.15, 0.2) is 30.3 Å². The van der Waals surface area contributed by atoms with Crippen molar-refractivity contribution in [1.29, 1.82) is 0 Å². The lowest BCUT2D eigenvalue weighted by molar-refractivity contribution is -0.928. The summed E-state index contributed by atoms with van der Waals surface area (Å²) in [6.07, 6.45) is 3.87. The van der Waals surface area contributed by atoms with E-state index in [1.165, 1.54) is 42.4 Å². The van der Waals surface area contributed by atoms with E-state index in [1.54, 1.807) is 0 Å². The fraction of sp³-hybridized carbons (Fsp3) is 0.625. The number of aryl methyl sites for hydroxylation is 1. The third kappa shape index (κ3) is 5.41. The highest BCUT2D eigenvalue weighted by Crippen LogP contribution is 2.13. The first-order chi connectivity index (χ1) is 8.08. The van der Waals surface area contributed by atoms with Crippen LogP contribution >= 0.6 is 0 Å². The van der Waals surface area contributed by atoms with E-state index in [9.17, 15) is 0 Å². The number of unbranched alkanes of at least 4 members (excludes halogenated alkanes) is 1. The fourth-order valence-corrected chi connectivity index (χ4v) is 2.23. The Labute approximate surface area is 119 Å². The molecule has 104 valence electrons. The van der Waals surface area contributed by atoms with Crippen molar-refractivity contribution in [3.8, 4) is 0 Å². The normalized spacial score (nSPS) is 14.1. The first-order valence-electron chi connectivity index (χ1n) is 6.96. The molecule has 0 aliphatic carbocycles. The molecule has 0 aliphatic heterocycles. The van der Waals surface area contributed by atoms with E-state index in [1.807, 2.05) is 0 Å². The molecule has 1 atom stereocenters. The molecule has 0 amide bonds. The fourth-order valence-electron chi connectivity index (χ4n) is 2.23. The van der Waals surface area contributed by atoms with Crippen LogP contribution < -0.4 is 12.4 Å². The molecule has 0 radical (unpaired) electrons. The average molecular weight is 270 g/mol. The predicted octanol–water partition coefficient (Wildman–Crippen LogP) is 0.888. The van der Waals surface area contributed by atoms with Crippen molar-refractivity contribution in [2.45, 2.75) is 46.1 Å². The first kappa shape index (κ1) is 17.5. The summed E-state index contributed by atoms with van der Waals surface area (Å²) in [5.74, 6) is 0. The lowest BCUT2D eigenvalue weighted by Gasteiger charge is -2.37. The van der Waals surface area contributed by atoms with E-state index in [2.05, 4.69) is 58.2 Å². The number of nitrogens with zero attached hydrogens (tertiary/aromatic N) is 1. The molecular formula is C16H28ClN. The van der Waals surface area contributed by atoms with Gasteiger partial charge in [-0.1, -0.05) is 30.3 Å². The summed E-state index contributed by atoms with van der Waals surface area (Å²) >= 11 is 0. The molecule has 0 N–H and O–H groups in total. The molecule has 0 saturated heterocycles. The molecule has 0 saturated carbocycles. The SMILES string of the molecule is CC[N+](C)(CCCCc1ccccc1)C(C)C.[Cl-]. The molecule has 0 aliphatic rings. The van der Waals surface area contributed by atoms with Crippen LogP contribution in [0.4, 0.5) is 0 Å². The van der Waals surface area contributed by atoms with Gasteiger partial charge >= 0.3 is 0 Å². The second kappa shape index (κ2) is 8.55. The third-order valence-corrected chi connectivity index (χ3v) is 4.20. The van der Waals surface area contributed by atoms with Crippen LogP contribution in [0, 0.1) is 0 Å². The van der Waals surface area contributed by atoms with Crippen molar-refractivity contribution >= 4 is 0 Å². The molecule has 0 fully saturated rings. The molecule has 0 bridgehead atoms. The van der Waals surface area contributed by atoms with E-state index < -0.39 is 0 Å². The number of benzene rings is 1. The standard InChI is InChI=1S/C16H28N.ClH/c1-5-17(4,15(2)3)14-10-9-13-16-11-7-6-8-12-16;/h6-8,11-12,15H,5,9-10,13-14H2,1-4H3;1H/q+1;/p-1. The average Bonchev–Trinajstić information content (AvgIpc) is 2.35.